The lowest BCUT2D eigenvalue weighted by Gasteiger charge is -2.32. The summed E-state index contributed by atoms with van der Waals surface area (Å²) in [6.07, 6.45) is 11.5. The summed E-state index contributed by atoms with van der Waals surface area (Å²) < 4.78 is 32.0. The molecule has 66 heavy (non-hydrogen) atoms. The lowest BCUT2D eigenvalue weighted by Crippen LogP contribution is -2.41. The van der Waals surface area contributed by atoms with Crippen LogP contribution < -0.4 is 10.9 Å². The molecule has 0 aliphatic carbocycles. The van der Waals surface area contributed by atoms with E-state index < -0.39 is 36.6 Å². The van der Waals surface area contributed by atoms with Crippen molar-refractivity contribution in [2.24, 2.45) is 0 Å². The highest BCUT2D eigenvalue weighted by atomic mass is 16.7. The third-order valence-electron chi connectivity index (χ3n) is 15.8. The van der Waals surface area contributed by atoms with Gasteiger partial charge in [-0.15, -0.1) is 0 Å². The lowest BCUT2D eigenvalue weighted by atomic mass is 9.75. The monoisotopic (exact) mass is 879 g/mol. The van der Waals surface area contributed by atoms with Crippen molar-refractivity contribution in [2.75, 3.05) is 0 Å². The van der Waals surface area contributed by atoms with Crippen LogP contribution in [0.5, 0.6) is 0 Å². The van der Waals surface area contributed by atoms with Crippen LogP contribution in [0.4, 0.5) is 0 Å². The Labute approximate surface area is 393 Å². The van der Waals surface area contributed by atoms with Crippen molar-refractivity contribution in [2.45, 2.75) is 156 Å². The maximum atomic E-state index is 6.84. The molecule has 0 bridgehead atoms. The first-order chi connectivity index (χ1) is 31.6. The Bertz CT molecular complexity index is 3090. The quantitative estimate of drug-likeness (QED) is 0.0806. The fraction of sp³-hybridized carbons (Fsp3) is 0.414. The number of para-hydroxylation sites is 2. The molecular formula is C58H68B2N2O4. The van der Waals surface area contributed by atoms with Gasteiger partial charge in [-0.25, -0.2) is 0 Å². The minimum absolute atomic E-state index is 0.417. The van der Waals surface area contributed by atoms with E-state index in [9.17, 15) is 0 Å². The molecule has 0 amide bonds. The molecule has 10 rings (SSSR count). The summed E-state index contributed by atoms with van der Waals surface area (Å²) in [5.74, 6) is 0. The fourth-order valence-corrected chi connectivity index (χ4v) is 10.6. The van der Waals surface area contributed by atoms with Crippen molar-refractivity contribution in [3.05, 3.63) is 120 Å². The van der Waals surface area contributed by atoms with Crippen LogP contribution in [0.3, 0.4) is 0 Å². The van der Waals surface area contributed by atoms with Gasteiger partial charge in [0.2, 0.25) is 0 Å². The lowest BCUT2D eigenvalue weighted by molar-refractivity contribution is 0.00578. The smallest absolute Gasteiger partial charge is 0.399 e. The molecule has 2 aliphatic rings. The Morgan fingerprint density at radius 1 is 0.409 bits per heavy atom. The van der Waals surface area contributed by atoms with E-state index in [0.717, 1.165) is 36.6 Å². The molecule has 0 unspecified atom stereocenters. The zero-order valence-corrected chi connectivity index (χ0v) is 41.1. The van der Waals surface area contributed by atoms with Gasteiger partial charge in [-0.2, -0.15) is 0 Å². The summed E-state index contributed by atoms with van der Waals surface area (Å²) in [6.45, 7) is 21.7. The number of aromatic nitrogens is 2. The number of hydrogen-bond donors (Lipinski definition) is 0. The van der Waals surface area contributed by atoms with Gasteiger partial charge in [-0.05, 0) is 150 Å². The Balaban J connectivity index is 1.23. The zero-order chi connectivity index (χ0) is 46.2. The van der Waals surface area contributed by atoms with Gasteiger partial charge in [0.15, 0.2) is 0 Å². The highest BCUT2D eigenvalue weighted by molar-refractivity contribution is 6.66. The second-order valence-corrected chi connectivity index (χ2v) is 21.3. The van der Waals surface area contributed by atoms with Gasteiger partial charge in [0.1, 0.15) is 0 Å². The van der Waals surface area contributed by atoms with Crippen LogP contribution >= 0.6 is 0 Å². The van der Waals surface area contributed by atoms with Gasteiger partial charge in [-0.1, -0.05) is 125 Å². The molecule has 0 N–H and O–H groups in total. The molecule has 2 saturated heterocycles. The topological polar surface area (TPSA) is 46.8 Å². The summed E-state index contributed by atoms with van der Waals surface area (Å²) in [6, 6.07) is 41.2. The van der Waals surface area contributed by atoms with Crippen LogP contribution in [0.25, 0.3) is 65.8 Å². The summed E-state index contributed by atoms with van der Waals surface area (Å²) in [5, 5.41) is 7.38. The molecule has 0 atom stereocenters. The molecule has 6 nitrogen and oxygen atoms in total. The van der Waals surface area contributed by atoms with E-state index in [1.54, 1.807) is 0 Å². The third-order valence-corrected chi connectivity index (χ3v) is 15.8. The fourth-order valence-electron chi connectivity index (χ4n) is 10.6. The summed E-state index contributed by atoms with van der Waals surface area (Å²) in [4.78, 5) is 0. The molecule has 2 aliphatic heterocycles. The Morgan fingerprint density at radius 2 is 0.864 bits per heavy atom. The molecule has 8 aromatic rings. The number of aryl methyl sites for hydroxylation is 2. The van der Waals surface area contributed by atoms with Crippen molar-refractivity contribution < 1.29 is 18.6 Å². The van der Waals surface area contributed by atoms with E-state index in [2.05, 4.69) is 188 Å². The Morgan fingerprint density at radius 3 is 1.42 bits per heavy atom. The van der Waals surface area contributed by atoms with Gasteiger partial charge < -0.3 is 27.8 Å². The van der Waals surface area contributed by atoms with Crippen molar-refractivity contribution >= 4 is 79.5 Å². The van der Waals surface area contributed by atoms with Gasteiger partial charge in [0, 0.05) is 32.9 Å². The van der Waals surface area contributed by atoms with Gasteiger partial charge >= 0.3 is 14.2 Å². The van der Waals surface area contributed by atoms with Crippen LogP contribution in [0.2, 0.25) is 0 Å². The molecular weight excluding hydrogens is 810 g/mol. The van der Waals surface area contributed by atoms with Gasteiger partial charge in [0.25, 0.3) is 0 Å². The second-order valence-electron chi connectivity index (χ2n) is 21.3. The number of nitrogens with zero attached hydrogens (tertiary/aromatic N) is 2. The highest BCUT2D eigenvalue weighted by Crippen LogP contribution is 2.43. The molecule has 4 heterocycles. The molecule has 8 heteroatoms. The first-order valence-corrected chi connectivity index (χ1v) is 25.0. The van der Waals surface area contributed by atoms with Crippen molar-refractivity contribution in [3.8, 4) is 11.4 Å². The highest BCUT2D eigenvalue weighted by Gasteiger charge is 2.53. The number of unbranched alkanes of at least 4 members (excludes halogenated alkanes) is 6. The maximum absolute atomic E-state index is 6.84. The Hall–Kier alpha value is -4.85. The van der Waals surface area contributed by atoms with Crippen LogP contribution in [0, 0.1) is 0 Å². The standard InChI is InChI=1S/C58H68B2N2O4/c1-11-13-15-17-25-39-36-52(62-49-32-24-22-30-45(49)54-44-29-20-19-27-42(44)47(38-53(54)62)60-65-57(7,8)58(9,10)66-60)40(26-18-16-14-12-2)35-51(39)61-48-31-23-21-28-43(48)46-37-41(33-34-50(46)61)59-63-55(3,4)56(5,6)64-59/h19-24,27-38H,11-18,25-26H2,1-10H3. The van der Waals surface area contributed by atoms with Gasteiger partial charge in [-0.3, -0.25) is 0 Å². The van der Waals surface area contributed by atoms with Crippen molar-refractivity contribution in [1.82, 2.24) is 9.13 Å². The van der Waals surface area contributed by atoms with E-state index in [1.807, 2.05) is 0 Å². The molecule has 340 valence electrons. The van der Waals surface area contributed by atoms with E-state index in [0.29, 0.717) is 0 Å². The van der Waals surface area contributed by atoms with Crippen LogP contribution in [0.1, 0.15) is 132 Å². The predicted octanol–water partition coefficient (Wildman–Crippen LogP) is 13.9. The number of hydrogen-bond acceptors (Lipinski definition) is 4. The normalized spacial score (nSPS) is 17.7. The van der Waals surface area contributed by atoms with E-state index >= 15 is 0 Å². The first kappa shape index (κ1) is 45.0. The minimum atomic E-state index is -0.499. The molecule has 2 aromatic heterocycles. The minimum Gasteiger partial charge on any atom is -0.399 e. The van der Waals surface area contributed by atoms with Crippen molar-refractivity contribution in [3.63, 3.8) is 0 Å². The number of benzene rings is 6. The van der Waals surface area contributed by atoms with Crippen LogP contribution in [0.15, 0.2) is 109 Å². The third kappa shape index (κ3) is 7.51. The largest absolute Gasteiger partial charge is 0.495 e. The SMILES string of the molecule is CCCCCCc1cc(-n2c3ccccc3c3c4ccccc4c(B4OC(C)(C)C(C)(C)O4)cc32)c(CCCCCC)cc1-n1c2ccccc2c2cc(B3OC(C)(C)C(C)(C)O3)ccc21. The zero-order valence-electron chi connectivity index (χ0n) is 41.1. The number of rotatable bonds is 14. The molecule has 2 fully saturated rings. The Kier molecular flexibility index (Phi) is 11.6. The first-order valence-electron chi connectivity index (χ1n) is 25.0. The maximum Gasteiger partial charge on any atom is 0.495 e. The molecule has 0 radical (unpaired) electrons. The van der Waals surface area contributed by atoms with Crippen molar-refractivity contribution in [1.29, 1.82) is 0 Å². The van der Waals surface area contributed by atoms with E-state index in [-0.39, 0.29) is 0 Å². The average molecular weight is 879 g/mol. The predicted molar refractivity (Wildman–Crippen MR) is 280 cm³/mol. The average Bonchev–Trinajstić information content (AvgIpc) is 3.94. The van der Waals surface area contributed by atoms with E-state index in [1.165, 1.54) is 115 Å². The summed E-state index contributed by atoms with van der Waals surface area (Å²) in [5.41, 5.74) is 10.5. The van der Waals surface area contributed by atoms with Crippen LogP contribution in [-0.4, -0.2) is 45.8 Å². The second kappa shape index (κ2) is 17.0. The molecule has 0 spiro atoms. The molecule has 6 aromatic carbocycles. The summed E-state index contributed by atoms with van der Waals surface area (Å²) in [7, 11) is -0.931. The van der Waals surface area contributed by atoms with Gasteiger partial charge in [0.05, 0.1) is 44.5 Å². The number of fused-ring (bicyclic) bond motifs is 8. The molecule has 0 saturated carbocycles. The van der Waals surface area contributed by atoms with Crippen LogP contribution in [-0.2, 0) is 31.5 Å². The van der Waals surface area contributed by atoms with E-state index in [4.69, 9.17) is 18.6 Å². The summed E-state index contributed by atoms with van der Waals surface area (Å²) >= 11 is 0.